The molecule has 0 aliphatic heterocycles. The molecule has 6 nitrogen and oxygen atoms in total. The van der Waals surface area contributed by atoms with Crippen molar-refractivity contribution in [2.24, 2.45) is 0 Å². The van der Waals surface area contributed by atoms with Crippen LogP contribution in [-0.4, -0.2) is 124 Å². The molecule has 0 aliphatic carbocycles. The van der Waals surface area contributed by atoms with Crippen molar-refractivity contribution in [3.63, 3.8) is 0 Å². The molecule has 0 amide bonds. The molecule has 0 fully saturated rings. The van der Waals surface area contributed by atoms with Gasteiger partial charge >= 0.3 is 97.6 Å². The molecule has 0 saturated heterocycles. The predicted octanol–water partition coefficient (Wildman–Crippen LogP) is -0.659. The molecule has 0 spiro atoms. The van der Waals surface area contributed by atoms with Crippen LogP contribution < -0.4 is 0 Å². The summed E-state index contributed by atoms with van der Waals surface area (Å²) in [6, 6.07) is 0. The van der Waals surface area contributed by atoms with Crippen molar-refractivity contribution in [3.05, 3.63) is 0 Å². The van der Waals surface area contributed by atoms with Crippen LogP contribution in [0.15, 0.2) is 0 Å². The zero-order chi connectivity index (χ0) is 14.0. The fraction of sp³-hybridized carbons (Fsp3) is 1.00. The minimum Gasteiger partial charge on any atom is -0.741 e. The van der Waals surface area contributed by atoms with Gasteiger partial charge in [-0.2, -0.15) is 26.3 Å². The van der Waals surface area contributed by atoms with Gasteiger partial charge in [0.05, 0.1) is 0 Å². The maximum Gasteiger partial charge on any atom is 2.00 e. The smallest absolute Gasteiger partial charge is 0.741 e. The van der Waals surface area contributed by atoms with E-state index in [0.717, 1.165) is 0 Å². The first-order valence-corrected chi connectivity index (χ1v) is 5.36. The number of alkyl halides is 6. The maximum absolute atomic E-state index is 10.7. The van der Waals surface area contributed by atoms with Crippen LogP contribution in [0.3, 0.4) is 0 Å². The molecule has 0 rings (SSSR count). The number of rotatable bonds is 0. The van der Waals surface area contributed by atoms with Gasteiger partial charge in [0.2, 0.25) is 0 Å². The number of hydrogen-bond donors (Lipinski definition) is 0. The van der Waals surface area contributed by atoms with Gasteiger partial charge in [0.25, 0.3) is 0 Å². The first-order chi connectivity index (χ1) is 6.50. The van der Waals surface area contributed by atoms with Crippen LogP contribution >= 0.6 is 0 Å². The summed E-state index contributed by atoms with van der Waals surface area (Å²) in [5, 5.41) is 0. The third-order valence-corrected chi connectivity index (χ3v) is 1.70. The van der Waals surface area contributed by atoms with Crippen molar-refractivity contribution in [1.29, 1.82) is 0 Å². The van der Waals surface area contributed by atoms with E-state index in [1.165, 1.54) is 0 Å². The average Bonchev–Trinajstić information content (AvgIpc) is 1.77. The van der Waals surface area contributed by atoms with E-state index in [-0.39, 0.29) is 86.6 Å². The Morgan fingerprint density at radius 3 is 0.722 bits per heavy atom. The summed E-state index contributed by atoms with van der Waals surface area (Å²) in [4.78, 5) is 0. The van der Waals surface area contributed by atoms with Crippen LogP contribution in [0.4, 0.5) is 26.3 Å². The van der Waals surface area contributed by atoms with Gasteiger partial charge in [-0.05, 0) is 0 Å². The summed E-state index contributed by atoms with van der Waals surface area (Å²) in [5.74, 6) is 0. The molecule has 18 heavy (non-hydrogen) atoms. The van der Waals surface area contributed by atoms with Gasteiger partial charge in [-0.3, -0.25) is 0 Å². The van der Waals surface area contributed by atoms with Crippen LogP contribution in [0.1, 0.15) is 0 Å². The summed E-state index contributed by atoms with van der Waals surface area (Å²) < 4.78 is 118. The molecule has 0 aromatic rings. The fourth-order valence-electron chi connectivity index (χ4n) is 0. The van der Waals surface area contributed by atoms with Gasteiger partial charge in [-0.1, -0.05) is 0 Å². The predicted molar refractivity (Wildman–Crippen MR) is 43.0 cm³/mol. The van der Waals surface area contributed by atoms with E-state index in [1.807, 2.05) is 0 Å². The standard InChI is InChI=1S/2CHF3O3S.Ba.Ca/c2*2-1(3,4)8(5,6)7;;/h2*(H,5,6,7);;/q;;2*+2/p-2. The van der Waals surface area contributed by atoms with Crippen molar-refractivity contribution in [2.45, 2.75) is 11.0 Å². The van der Waals surface area contributed by atoms with Crippen LogP contribution in [0.25, 0.3) is 0 Å². The summed E-state index contributed by atoms with van der Waals surface area (Å²) in [5.41, 5.74) is -11.3. The summed E-state index contributed by atoms with van der Waals surface area (Å²) >= 11 is 0. The van der Waals surface area contributed by atoms with E-state index in [2.05, 4.69) is 0 Å². The van der Waals surface area contributed by atoms with E-state index >= 15 is 0 Å². The van der Waals surface area contributed by atoms with Gasteiger partial charge in [0.1, 0.15) is 0 Å². The Morgan fingerprint density at radius 2 is 0.722 bits per heavy atom. The molecule has 0 saturated carbocycles. The summed E-state index contributed by atoms with van der Waals surface area (Å²) in [6.07, 6.45) is 0. The Morgan fingerprint density at radius 1 is 0.667 bits per heavy atom. The Balaban J connectivity index is -0.0000000980. The van der Waals surface area contributed by atoms with Gasteiger partial charge in [0.15, 0.2) is 20.2 Å². The van der Waals surface area contributed by atoms with Crippen molar-refractivity contribution in [2.75, 3.05) is 0 Å². The Kier molecular flexibility index (Phi) is 14.7. The van der Waals surface area contributed by atoms with Crippen LogP contribution in [-0.2, 0) is 20.2 Å². The zero-order valence-corrected chi connectivity index (χ0v) is 16.2. The van der Waals surface area contributed by atoms with Crippen LogP contribution in [0, 0.1) is 0 Å². The Hall–Kier alpha value is 2.23. The molecule has 0 aromatic carbocycles. The normalized spacial score (nSPS) is 12.4. The van der Waals surface area contributed by atoms with Crippen molar-refractivity contribution >= 4 is 107 Å². The second-order valence-corrected chi connectivity index (χ2v) is 4.54. The topological polar surface area (TPSA) is 114 Å². The first kappa shape index (κ1) is 28.4. The molecule has 0 radical (unpaired) electrons. The van der Waals surface area contributed by atoms with E-state index in [0.29, 0.717) is 0 Å². The van der Waals surface area contributed by atoms with E-state index in [4.69, 9.17) is 25.9 Å². The Labute approximate surface area is 167 Å². The maximum atomic E-state index is 10.7. The molecule has 0 atom stereocenters. The fourth-order valence-corrected chi connectivity index (χ4v) is 0. The molecule has 0 bridgehead atoms. The van der Waals surface area contributed by atoms with E-state index in [9.17, 15) is 26.3 Å². The zero-order valence-electron chi connectivity index (χ0n) is 7.95. The monoisotopic (exact) mass is 476 g/mol. The average molecular weight is 476 g/mol. The quantitative estimate of drug-likeness (QED) is 0.199. The first-order valence-electron chi connectivity index (χ1n) is 2.54. The number of halogens is 6. The Bertz CT molecular complexity index is 380. The largest absolute Gasteiger partial charge is 2.00 e. The van der Waals surface area contributed by atoms with E-state index in [1.54, 1.807) is 0 Å². The molecule has 16 heteroatoms. The van der Waals surface area contributed by atoms with Crippen molar-refractivity contribution < 1.29 is 52.3 Å². The van der Waals surface area contributed by atoms with Gasteiger partial charge in [0, 0.05) is 0 Å². The van der Waals surface area contributed by atoms with Gasteiger partial charge < -0.3 is 9.11 Å². The van der Waals surface area contributed by atoms with Crippen molar-refractivity contribution in [3.8, 4) is 0 Å². The minimum atomic E-state index is -6.09. The molecule has 0 N–H and O–H groups in total. The van der Waals surface area contributed by atoms with Gasteiger partial charge in [-0.25, -0.2) is 16.8 Å². The van der Waals surface area contributed by atoms with Crippen molar-refractivity contribution in [1.82, 2.24) is 0 Å². The van der Waals surface area contributed by atoms with Crippen LogP contribution in [0.2, 0.25) is 0 Å². The molecule has 100 valence electrons. The second-order valence-electron chi connectivity index (χ2n) is 1.80. The molecule has 0 unspecified atom stereocenters. The van der Waals surface area contributed by atoms with Crippen LogP contribution in [0.5, 0.6) is 0 Å². The molecular weight excluding hydrogens is 476 g/mol. The molecular formula is C2BaCaF6O6S2+2. The van der Waals surface area contributed by atoms with Gasteiger partial charge in [-0.15, -0.1) is 0 Å². The minimum absolute atomic E-state index is 0. The number of hydrogen-bond acceptors (Lipinski definition) is 6. The molecule has 0 aliphatic rings. The molecule has 0 aromatic heterocycles. The van der Waals surface area contributed by atoms with E-state index < -0.39 is 31.3 Å². The second kappa shape index (κ2) is 9.29. The summed E-state index contributed by atoms with van der Waals surface area (Å²) in [7, 11) is -12.2. The molecule has 0 heterocycles. The SMILES string of the molecule is O=S(=O)([O-])C(F)(F)F.O=S(=O)([O-])C(F)(F)F.[Ba+2].[Ca+2]. The summed E-state index contributed by atoms with van der Waals surface area (Å²) in [6.45, 7) is 0. The third-order valence-electron chi connectivity index (χ3n) is 0.567. The third kappa shape index (κ3) is 13.2.